The van der Waals surface area contributed by atoms with Gasteiger partial charge >= 0.3 is 0 Å². The molecule has 1 aromatic carbocycles. The van der Waals surface area contributed by atoms with Crippen molar-refractivity contribution >= 4 is 22.7 Å². The molecular formula is C13H18N4. The van der Waals surface area contributed by atoms with Gasteiger partial charge in [-0.15, -0.1) is 0 Å². The van der Waals surface area contributed by atoms with Gasteiger partial charge < -0.3 is 4.98 Å². The van der Waals surface area contributed by atoms with Gasteiger partial charge in [0.15, 0.2) is 0 Å². The Bertz CT molecular complexity index is 494. The van der Waals surface area contributed by atoms with E-state index < -0.39 is 0 Å². The zero-order valence-corrected chi connectivity index (χ0v) is 10.5. The minimum absolute atomic E-state index is 0.492. The number of hydrogen-bond donors (Lipinski definition) is 2. The predicted molar refractivity (Wildman–Crippen MR) is 72.3 cm³/mol. The predicted octanol–water partition coefficient (Wildman–Crippen LogP) is 3.40. The molecule has 90 valence electrons. The molecule has 1 atom stereocenters. The third kappa shape index (κ3) is 2.64. The highest BCUT2D eigenvalue weighted by atomic mass is 15.4. The number of nitrogens with one attached hydrogen (secondary N) is 2. The average molecular weight is 230 g/mol. The second kappa shape index (κ2) is 4.99. The van der Waals surface area contributed by atoms with Gasteiger partial charge in [0, 0.05) is 5.71 Å². The third-order valence-corrected chi connectivity index (χ3v) is 3.05. The van der Waals surface area contributed by atoms with Crippen molar-refractivity contribution in [3.63, 3.8) is 0 Å². The Labute approximate surface area is 101 Å². The number of hydrazone groups is 1. The fraction of sp³-hybridized carbons (Fsp3) is 0.385. The molecule has 2 rings (SSSR count). The molecule has 4 nitrogen and oxygen atoms in total. The highest BCUT2D eigenvalue weighted by Crippen LogP contribution is 2.13. The van der Waals surface area contributed by atoms with Crippen molar-refractivity contribution in [2.24, 2.45) is 11.0 Å². The SMILES string of the molecule is CCC(C)C(C)=NNc1nc2ccccc2[nH]1. The van der Waals surface area contributed by atoms with E-state index in [0.717, 1.165) is 23.2 Å². The molecule has 2 N–H and O–H groups in total. The van der Waals surface area contributed by atoms with Crippen LogP contribution in [-0.4, -0.2) is 15.7 Å². The Kier molecular flexibility index (Phi) is 3.42. The maximum absolute atomic E-state index is 4.40. The summed E-state index contributed by atoms with van der Waals surface area (Å²) in [7, 11) is 0. The first-order valence-electron chi connectivity index (χ1n) is 5.95. The van der Waals surface area contributed by atoms with Crippen LogP contribution in [0.5, 0.6) is 0 Å². The van der Waals surface area contributed by atoms with Crippen LogP contribution in [-0.2, 0) is 0 Å². The summed E-state index contributed by atoms with van der Waals surface area (Å²) in [5.41, 5.74) is 6.03. The van der Waals surface area contributed by atoms with Crippen molar-refractivity contribution in [2.75, 3.05) is 5.43 Å². The van der Waals surface area contributed by atoms with Crippen LogP contribution >= 0.6 is 0 Å². The van der Waals surface area contributed by atoms with Gasteiger partial charge in [-0.1, -0.05) is 26.0 Å². The van der Waals surface area contributed by atoms with E-state index in [4.69, 9.17) is 0 Å². The zero-order chi connectivity index (χ0) is 12.3. The number of anilines is 1. The smallest absolute Gasteiger partial charge is 0.222 e. The lowest BCUT2D eigenvalue weighted by Crippen LogP contribution is -2.08. The van der Waals surface area contributed by atoms with Gasteiger partial charge in [-0.2, -0.15) is 5.10 Å². The highest BCUT2D eigenvalue weighted by molar-refractivity contribution is 5.84. The first kappa shape index (κ1) is 11.6. The molecule has 2 aromatic rings. The van der Waals surface area contributed by atoms with Crippen molar-refractivity contribution in [2.45, 2.75) is 27.2 Å². The lowest BCUT2D eigenvalue weighted by atomic mass is 10.1. The van der Waals surface area contributed by atoms with Gasteiger partial charge in [0.05, 0.1) is 11.0 Å². The Morgan fingerprint density at radius 2 is 2.24 bits per heavy atom. The highest BCUT2D eigenvalue weighted by Gasteiger charge is 2.03. The zero-order valence-electron chi connectivity index (χ0n) is 10.5. The number of benzene rings is 1. The first-order valence-corrected chi connectivity index (χ1v) is 5.95. The standard InChI is InChI=1S/C13H18N4/c1-4-9(2)10(3)16-17-13-14-11-7-5-6-8-12(11)15-13/h5-9H,4H2,1-3H3,(H2,14,15,17). The molecule has 1 heterocycles. The van der Waals surface area contributed by atoms with E-state index in [9.17, 15) is 0 Å². The molecule has 0 aliphatic heterocycles. The molecule has 0 spiro atoms. The maximum Gasteiger partial charge on any atom is 0.222 e. The Hall–Kier alpha value is -1.84. The van der Waals surface area contributed by atoms with Crippen LogP contribution in [0.15, 0.2) is 29.4 Å². The Balaban J connectivity index is 2.14. The third-order valence-electron chi connectivity index (χ3n) is 3.05. The average Bonchev–Trinajstić information content (AvgIpc) is 2.77. The second-order valence-corrected chi connectivity index (χ2v) is 4.28. The molecule has 0 radical (unpaired) electrons. The fourth-order valence-electron chi connectivity index (χ4n) is 1.55. The van der Waals surface area contributed by atoms with Crippen molar-refractivity contribution in [3.05, 3.63) is 24.3 Å². The maximum atomic E-state index is 4.40. The van der Waals surface area contributed by atoms with Crippen molar-refractivity contribution < 1.29 is 0 Å². The molecule has 0 fully saturated rings. The summed E-state index contributed by atoms with van der Waals surface area (Å²) in [6, 6.07) is 7.93. The normalized spacial score (nSPS) is 13.9. The number of aromatic amines is 1. The van der Waals surface area contributed by atoms with Crippen LogP contribution < -0.4 is 5.43 Å². The van der Waals surface area contributed by atoms with Crippen molar-refractivity contribution in [3.8, 4) is 0 Å². The Morgan fingerprint density at radius 3 is 2.94 bits per heavy atom. The molecule has 1 aromatic heterocycles. The first-order chi connectivity index (χ1) is 8.20. The lowest BCUT2D eigenvalue weighted by molar-refractivity contribution is 0.734. The van der Waals surface area contributed by atoms with Gasteiger partial charge in [-0.25, -0.2) is 10.4 Å². The Morgan fingerprint density at radius 1 is 1.47 bits per heavy atom. The molecule has 1 unspecified atom stereocenters. The summed E-state index contributed by atoms with van der Waals surface area (Å²) in [5.74, 6) is 1.18. The number of hydrogen-bond acceptors (Lipinski definition) is 3. The number of rotatable bonds is 4. The van der Waals surface area contributed by atoms with Gasteiger partial charge in [0.25, 0.3) is 0 Å². The van der Waals surface area contributed by atoms with E-state index in [1.807, 2.05) is 31.2 Å². The number of nitrogens with zero attached hydrogens (tertiary/aromatic N) is 2. The fourth-order valence-corrected chi connectivity index (χ4v) is 1.55. The van der Waals surface area contributed by atoms with Crippen molar-refractivity contribution in [1.29, 1.82) is 0 Å². The molecule has 0 saturated heterocycles. The molecule has 4 heteroatoms. The lowest BCUT2D eigenvalue weighted by Gasteiger charge is -2.06. The minimum atomic E-state index is 0.492. The molecule has 0 saturated carbocycles. The summed E-state index contributed by atoms with van der Waals surface area (Å²) in [5, 5.41) is 4.33. The summed E-state index contributed by atoms with van der Waals surface area (Å²) in [4.78, 5) is 7.57. The van der Waals surface area contributed by atoms with Gasteiger partial charge in [0.1, 0.15) is 0 Å². The number of imidazole rings is 1. The number of para-hydroxylation sites is 2. The number of aromatic nitrogens is 2. The molecule has 17 heavy (non-hydrogen) atoms. The van der Waals surface area contributed by atoms with Crippen LogP contribution in [0.25, 0.3) is 11.0 Å². The second-order valence-electron chi connectivity index (χ2n) is 4.28. The summed E-state index contributed by atoms with van der Waals surface area (Å²) < 4.78 is 0. The van der Waals surface area contributed by atoms with Crippen LogP contribution in [0.1, 0.15) is 27.2 Å². The van der Waals surface area contributed by atoms with E-state index in [-0.39, 0.29) is 0 Å². The van der Waals surface area contributed by atoms with Crippen LogP contribution in [0, 0.1) is 5.92 Å². The largest absolute Gasteiger partial charge is 0.323 e. The van der Waals surface area contributed by atoms with Crippen molar-refractivity contribution in [1.82, 2.24) is 9.97 Å². The number of H-pyrrole nitrogens is 1. The molecule has 0 aliphatic rings. The molecular weight excluding hydrogens is 212 g/mol. The molecule has 0 bridgehead atoms. The summed E-state index contributed by atoms with van der Waals surface area (Å²) in [6.07, 6.45) is 1.09. The monoisotopic (exact) mass is 230 g/mol. The van der Waals surface area contributed by atoms with E-state index in [0.29, 0.717) is 11.9 Å². The minimum Gasteiger partial charge on any atom is -0.323 e. The quantitative estimate of drug-likeness (QED) is 0.624. The van der Waals surface area contributed by atoms with E-state index in [1.165, 1.54) is 0 Å². The molecule has 0 aliphatic carbocycles. The van der Waals surface area contributed by atoms with E-state index in [1.54, 1.807) is 0 Å². The van der Waals surface area contributed by atoms with E-state index in [2.05, 4.69) is 34.3 Å². The van der Waals surface area contributed by atoms with Gasteiger partial charge in [-0.3, -0.25) is 0 Å². The molecule has 0 amide bonds. The summed E-state index contributed by atoms with van der Waals surface area (Å²) in [6.45, 7) is 6.36. The summed E-state index contributed by atoms with van der Waals surface area (Å²) >= 11 is 0. The van der Waals surface area contributed by atoms with Gasteiger partial charge in [-0.05, 0) is 31.4 Å². The number of fused-ring (bicyclic) bond motifs is 1. The van der Waals surface area contributed by atoms with Crippen LogP contribution in [0.2, 0.25) is 0 Å². The van der Waals surface area contributed by atoms with Crippen LogP contribution in [0.4, 0.5) is 5.95 Å². The topological polar surface area (TPSA) is 53.1 Å². The van der Waals surface area contributed by atoms with Crippen LogP contribution in [0.3, 0.4) is 0 Å². The van der Waals surface area contributed by atoms with E-state index >= 15 is 0 Å². The van der Waals surface area contributed by atoms with Gasteiger partial charge in [0.2, 0.25) is 5.95 Å².